The molecule has 0 radical (unpaired) electrons. The zero-order chi connectivity index (χ0) is 22.7. The molecule has 33 heavy (non-hydrogen) atoms. The van der Waals surface area contributed by atoms with Crippen LogP contribution in [0.4, 0.5) is 5.69 Å². The molecule has 6 rings (SSSR count). The van der Waals surface area contributed by atoms with Crippen LogP contribution in [0.3, 0.4) is 0 Å². The van der Waals surface area contributed by atoms with E-state index in [-0.39, 0.29) is 17.1 Å². The fourth-order valence-corrected chi connectivity index (χ4v) is 6.25. The number of nitro benzene ring substituents is 1. The second-order valence-electron chi connectivity index (χ2n) is 8.30. The van der Waals surface area contributed by atoms with Crippen molar-refractivity contribution in [3.63, 3.8) is 0 Å². The first-order valence-electron chi connectivity index (χ1n) is 10.5. The lowest BCUT2D eigenvalue weighted by Crippen LogP contribution is -2.44. The standard InChI is InChI=1S/C26H18N2O4S/c29-28(30)21-9-11-22(12-10-21)33(31,32)27-15-19-13-17-5-1-3-7-23(17)26-24-8-4-2-6-18(24)14-20(16-27)25(19)26/h1-13,15H,14,16H2. The van der Waals surface area contributed by atoms with E-state index in [1.807, 2.05) is 36.4 Å². The van der Waals surface area contributed by atoms with E-state index < -0.39 is 14.9 Å². The third-order valence-electron chi connectivity index (χ3n) is 6.41. The molecule has 4 aromatic rings. The smallest absolute Gasteiger partial charge is 0.269 e. The third kappa shape index (κ3) is 2.97. The minimum atomic E-state index is -3.88. The van der Waals surface area contributed by atoms with E-state index in [0.717, 1.165) is 32.3 Å². The number of rotatable bonds is 3. The molecule has 0 amide bonds. The molecule has 0 spiro atoms. The van der Waals surface area contributed by atoms with Gasteiger partial charge in [-0.3, -0.25) is 14.4 Å². The lowest BCUT2D eigenvalue weighted by Gasteiger charge is -2.30. The van der Waals surface area contributed by atoms with Gasteiger partial charge in [-0.05, 0) is 68.1 Å². The molecule has 0 saturated heterocycles. The van der Waals surface area contributed by atoms with Crippen LogP contribution in [0, 0.1) is 10.1 Å². The zero-order valence-corrected chi connectivity index (χ0v) is 18.2. The Balaban J connectivity index is 1.58. The number of benzene rings is 4. The van der Waals surface area contributed by atoms with Crippen molar-refractivity contribution in [3.8, 4) is 11.1 Å². The minimum Gasteiger partial charge on any atom is -0.269 e. The molecule has 2 aliphatic rings. The maximum atomic E-state index is 13.5. The second kappa shape index (κ2) is 7.02. The second-order valence-corrected chi connectivity index (χ2v) is 10.2. The van der Waals surface area contributed by atoms with Crippen LogP contribution >= 0.6 is 0 Å². The molecule has 0 aromatic heterocycles. The summed E-state index contributed by atoms with van der Waals surface area (Å²) in [6.45, 7) is 0.242. The van der Waals surface area contributed by atoms with Crippen LogP contribution in [-0.4, -0.2) is 24.2 Å². The van der Waals surface area contributed by atoms with Gasteiger partial charge in [-0.1, -0.05) is 48.5 Å². The Bertz CT molecular complexity index is 1710. The Morgan fingerprint density at radius 3 is 2.42 bits per heavy atom. The van der Waals surface area contributed by atoms with Crippen LogP contribution in [0.15, 0.2) is 83.8 Å². The van der Waals surface area contributed by atoms with E-state index in [9.17, 15) is 18.5 Å². The minimum absolute atomic E-state index is 0.0330. The number of sulfonamides is 1. The molecule has 1 heterocycles. The summed E-state index contributed by atoms with van der Waals surface area (Å²) in [5.41, 5.74) is 4.43. The lowest BCUT2D eigenvalue weighted by atomic mass is 9.82. The van der Waals surface area contributed by atoms with Crippen molar-refractivity contribution < 1.29 is 13.3 Å². The Labute approximate surface area is 189 Å². The third-order valence-corrected chi connectivity index (χ3v) is 8.13. The van der Waals surface area contributed by atoms with Crippen molar-refractivity contribution in [3.05, 3.63) is 105 Å². The van der Waals surface area contributed by atoms with Gasteiger partial charge in [-0.2, -0.15) is 0 Å². The number of nitrogens with zero attached hydrogens (tertiary/aromatic N) is 2. The largest absolute Gasteiger partial charge is 0.269 e. The highest BCUT2D eigenvalue weighted by Gasteiger charge is 2.29. The summed E-state index contributed by atoms with van der Waals surface area (Å²) >= 11 is 0. The van der Waals surface area contributed by atoms with Crippen molar-refractivity contribution in [2.45, 2.75) is 11.3 Å². The van der Waals surface area contributed by atoms with Crippen molar-refractivity contribution in [2.75, 3.05) is 6.54 Å². The van der Waals surface area contributed by atoms with Crippen molar-refractivity contribution >= 4 is 38.3 Å². The van der Waals surface area contributed by atoms with Crippen LogP contribution < -0.4 is 10.4 Å². The van der Waals surface area contributed by atoms with E-state index in [0.29, 0.717) is 6.42 Å². The topological polar surface area (TPSA) is 80.5 Å². The monoisotopic (exact) mass is 454 g/mol. The van der Waals surface area contributed by atoms with Crippen molar-refractivity contribution in [2.24, 2.45) is 0 Å². The van der Waals surface area contributed by atoms with Gasteiger partial charge in [-0.25, -0.2) is 8.42 Å². The van der Waals surface area contributed by atoms with Gasteiger partial charge in [-0.15, -0.1) is 0 Å². The van der Waals surface area contributed by atoms with Gasteiger partial charge in [0.15, 0.2) is 0 Å². The lowest BCUT2D eigenvalue weighted by molar-refractivity contribution is -0.384. The molecule has 162 valence electrons. The fraction of sp³-hybridized carbons (Fsp3) is 0.0769. The maximum Gasteiger partial charge on any atom is 0.269 e. The van der Waals surface area contributed by atoms with Gasteiger partial charge in [0.1, 0.15) is 0 Å². The predicted molar refractivity (Wildman–Crippen MR) is 127 cm³/mol. The van der Waals surface area contributed by atoms with Crippen LogP contribution in [0.1, 0.15) is 5.56 Å². The molecule has 0 saturated carbocycles. The molecule has 0 atom stereocenters. The van der Waals surface area contributed by atoms with Crippen molar-refractivity contribution in [1.29, 1.82) is 0 Å². The number of nitro groups is 1. The van der Waals surface area contributed by atoms with Crippen molar-refractivity contribution in [1.82, 2.24) is 4.31 Å². The molecule has 0 bridgehead atoms. The Morgan fingerprint density at radius 2 is 1.64 bits per heavy atom. The summed E-state index contributed by atoms with van der Waals surface area (Å²) in [4.78, 5) is 10.5. The average Bonchev–Trinajstić information content (AvgIpc) is 2.83. The summed E-state index contributed by atoms with van der Waals surface area (Å²) in [5, 5.41) is 15.1. The van der Waals surface area contributed by atoms with Gasteiger partial charge in [0.2, 0.25) is 0 Å². The highest BCUT2D eigenvalue weighted by molar-refractivity contribution is 7.89. The van der Waals surface area contributed by atoms with E-state index in [2.05, 4.69) is 18.2 Å². The molecule has 6 nitrogen and oxygen atoms in total. The van der Waals surface area contributed by atoms with Gasteiger partial charge in [0.05, 0.1) is 16.4 Å². The van der Waals surface area contributed by atoms with E-state index >= 15 is 0 Å². The molecule has 4 aromatic carbocycles. The summed E-state index contributed by atoms with van der Waals surface area (Å²) in [6, 6.07) is 23.5. The van der Waals surface area contributed by atoms with E-state index in [1.165, 1.54) is 39.7 Å². The van der Waals surface area contributed by atoms with E-state index in [4.69, 9.17) is 0 Å². The molecule has 7 heteroatoms. The zero-order valence-electron chi connectivity index (χ0n) is 17.4. The first kappa shape index (κ1) is 19.7. The van der Waals surface area contributed by atoms with Crippen LogP contribution in [0.25, 0.3) is 33.7 Å². The van der Waals surface area contributed by atoms with Crippen LogP contribution in [-0.2, 0) is 16.4 Å². The van der Waals surface area contributed by atoms with Gasteiger partial charge < -0.3 is 0 Å². The van der Waals surface area contributed by atoms with Gasteiger partial charge in [0, 0.05) is 18.3 Å². The highest BCUT2D eigenvalue weighted by Crippen LogP contribution is 2.34. The number of fused-ring (bicyclic) bond motifs is 4. The molecular formula is C26H18N2O4S. The quantitative estimate of drug-likeness (QED) is 0.350. The van der Waals surface area contributed by atoms with Gasteiger partial charge >= 0.3 is 0 Å². The normalized spacial score (nSPS) is 14.4. The Kier molecular flexibility index (Phi) is 4.19. The van der Waals surface area contributed by atoms with Gasteiger partial charge in [0.25, 0.3) is 15.7 Å². The number of hydrogen-bond donors (Lipinski definition) is 0. The number of non-ortho nitro benzene ring substituents is 1. The Morgan fingerprint density at radius 1 is 0.909 bits per heavy atom. The molecule has 1 aliphatic heterocycles. The summed E-state index contributed by atoms with van der Waals surface area (Å²) in [6.07, 6.45) is 2.37. The summed E-state index contributed by atoms with van der Waals surface area (Å²) < 4.78 is 28.3. The first-order chi connectivity index (χ1) is 15.9. The predicted octanol–water partition coefficient (Wildman–Crippen LogP) is 3.56. The molecule has 0 unspecified atom stereocenters. The van der Waals surface area contributed by atoms with Crippen LogP contribution in [0.5, 0.6) is 0 Å². The summed E-state index contributed by atoms with van der Waals surface area (Å²) in [5.74, 6) is 0. The highest BCUT2D eigenvalue weighted by atomic mass is 32.2. The Hall–Kier alpha value is -3.97. The molecular weight excluding hydrogens is 436 g/mol. The summed E-state index contributed by atoms with van der Waals surface area (Å²) in [7, 11) is -3.88. The molecule has 0 fully saturated rings. The van der Waals surface area contributed by atoms with Crippen LogP contribution in [0.2, 0.25) is 0 Å². The van der Waals surface area contributed by atoms with E-state index in [1.54, 1.807) is 6.20 Å². The molecule has 1 aliphatic carbocycles. The maximum absolute atomic E-state index is 13.5. The average molecular weight is 455 g/mol. The fourth-order valence-electron chi connectivity index (χ4n) is 4.92. The number of hydrogen-bond acceptors (Lipinski definition) is 4. The first-order valence-corrected chi connectivity index (χ1v) is 12.0. The molecule has 0 N–H and O–H groups in total. The SMILES string of the molecule is O=[N+]([O-])c1ccc(S(=O)(=O)N2C=c3cc4ccccc4c4c3=C(Cc3ccccc3-4)C2)cc1.